The highest BCUT2D eigenvalue weighted by atomic mass is 32.2. The van der Waals surface area contributed by atoms with Crippen LogP contribution in [0.3, 0.4) is 0 Å². The molecule has 0 aliphatic carbocycles. The third-order valence-electron chi connectivity index (χ3n) is 3.41. The highest BCUT2D eigenvalue weighted by molar-refractivity contribution is 7.86. The number of benzene rings is 2. The first-order valence-corrected chi connectivity index (χ1v) is 9.32. The lowest BCUT2D eigenvalue weighted by atomic mass is 10.2. The Kier molecular flexibility index (Phi) is 7.33. The van der Waals surface area contributed by atoms with E-state index >= 15 is 0 Å². The van der Waals surface area contributed by atoms with Gasteiger partial charge in [-0.25, -0.2) is 9.59 Å². The fraction of sp³-hybridized carbons (Fsp3) is 0.222. The second-order valence-corrected chi connectivity index (χ2v) is 6.95. The highest BCUT2D eigenvalue weighted by Gasteiger charge is 2.26. The molecule has 2 aromatic carbocycles. The van der Waals surface area contributed by atoms with Gasteiger partial charge in [-0.05, 0) is 17.7 Å². The second-order valence-electron chi connectivity index (χ2n) is 5.33. The molecule has 0 fully saturated rings. The van der Waals surface area contributed by atoms with E-state index in [9.17, 15) is 18.0 Å². The van der Waals surface area contributed by atoms with Crippen LogP contribution < -0.4 is 5.32 Å². The largest absolute Gasteiger partial charge is 0.467 e. The predicted octanol–water partition coefficient (Wildman–Crippen LogP) is 1.86. The Morgan fingerprint density at radius 1 is 1.00 bits per heavy atom. The van der Waals surface area contributed by atoms with Crippen molar-refractivity contribution in [1.82, 2.24) is 5.32 Å². The summed E-state index contributed by atoms with van der Waals surface area (Å²) in [7, 11) is -2.98. The number of carbonyl (C=O) groups is 2. The minimum atomic E-state index is -4.09. The lowest BCUT2D eigenvalue weighted by molar-refractivity contribution is -0.143. The topological polar surface area (TPSA) is 108 Å². The zero-order chi connectivity index (χ0) is 19.7. The van der Waals surface area contributed by atoms with Crippen molar-refractivity contribution in [3.05, 3.63) is 66.2 Å². The summed E-state index contributed by atoms with van der Waals surface area (Å²) >= 11 is 0. The molecule has 9 heteroatoms. The van der Waals surface area contributed by atoms with Gasteiger partial charge >= 0.3 is 12.1 Å². The third kappa shape index (κ3) is 6.39. The zero-order valence-electron chi connectivity index (χ0n) is 14.5. The summed E-state index contributed by atoms with van der Waals surface area (Å²) in [6, 6.07) is 15.0. The molecule has 0 aromatic heterocycles. The molecule has 144 valence electrons. The number of rotatable bonds is 8. The van der Waals surface area contributed by atoms with Crippen molar-refractivity contribution in [2.24, 2.45) is 0 Å². The molecule has 27 heavy (non-hydrogen) atoms. The van der Waals surface area contributed by atoms with E-state index in [4.69, 9.17) is 8.92 Å². The van der Waals surface area contributed by atoms with E-state index in [0.29, 0.717) is 0 Å². The van der Waals surface area contributed by atoms with Gasteiger partial charge in [-0.2, -0.15) is 8.42 Å². The maximum atomic E-state index is 12.1. The molecular weight excluding hydrogens is 374 g/mol. The molecule has 0 aliphatic heterocycles. The molecule has 0 radical (unpaired) electrons. The molecule has 0 spiro atoms. The maximum absolute atomic E-state index is 12.1. The molecule has 0 saturated heterocycles. The number of hydrogen-bond donors (Lipinski definition) is 1. The fourth-order valence-corrected chi connectivity index (χ4v) is 2.97. The highest BCUT2D eigenvalue weighted by Crippen LogP contribution is 2.12. The molecule has 2 rings (SSSR count). The Balaban J connectivity index is 1.94. The second kappa shape index (κ2) is 9.70. The number of carbonyl (C=O) groups excluding carboxylic acids is 2. The van der Waals surface area contributed by atoms with E-state index in [0.717, 1.165) is 12.7 Å². The predicted molar refractivity (Wildman–Crippen MR) is 95.1 cm³/mol. The van der Waals surface area contributed by atoms with E-state index in [1.165, 1.54) is 24.3 Å². The summed E-state index contributed by atoms with van der Waals surface area (Å²) in [6.45, 7) is -0.645. The number of hydrogen-bond acceptors (Lipinski definition) is 7. The van der Waals surface area contributed by atoms with Crippen molar-refractivity contribution in [2.75, 3.05) is 13.7 Å². The summed E-state index contributed by atoms with van der Waals surface area (Å²) in [5, 5.41) is 2.24. The number of methoxy groups -OCH3 is 1. The molecule has 1 amide bonds. The lowest BCUT2D eigenvalue weighted by Crippen LogP contribution is -2.45. The summed E-state index contributed by atoms with van der Waals surface area (Å²) in [5.74, 6) is -0.866. The third-order valence-corrected chi connectivity index (χ3v) is 4.71. The Bertz CT molecular complexity index is 854. The maximum Gasteiger partial charge on any atom is 0.408 e. The molecule has 0 unspecified atom stereocenters. The van der Waals surface area contributed by atoms with E-state index in [2.05, 4.69) is 10.1 Å². The van der Waals surface area contributed by atoms with E-state index in [1.54, 1.807) is 30.3 Å². The van der Waals surface area contributed by atoms with Gasteiger partial charge in [-0.3, -0.25) is 4.18 Å². The van der Waals surface area contributed by atoms with Gasteiger partial charge < -0.3 is 14.8 Å². The van der Waals surface area contributed by atoms with Crippen LogP contribution in [-0.4, -0.2) is 40.2 Å². The zero-order valence-corrected chi connectivity index (χ0v) is 15.3. The summed E-state index contributed by atoms with van der Waals surface area (Å²) in [5.41, 5.74) is 0.755. The average molecular weight is 393 g/mol. The molecule has 1 atom stereocenters. The van der Waals surface area contributed by atoms with Gasteiger partial charge in [-0.1, -0.05) is 48.5 Å². The minimum Gasteiger partial charge on any atom is -0.467 e. The Morgan fingerprint density at radius 3 is 2.19 bits per heavy atom. The van der Waals surface area contributed by atoms with Crippen LogP contribution in [0.25, 0.3) is 0 Å². The van der Waals surface area contributed by atoms with Crippen LogP contribution in [0.15, 0.2) is 65.6 Å². The van der Waals surface area contributed by atoms with Crippen LogP contribution in [-0.2, 0) is 35.2 Å². The SMILES string of the molecule is COC(=O)[C@H](COS(=O)(=O)c1ccccc1)NC(=O)OCc1ccccc1. The van der Waals surface area contributed by atoms with Crippen LogP contribution in [0, 0.1) is 0 Å². The number of ether oxygens (including phenoxy) is 2. The molecular formula is C18H19NO7S. The molecule has 8 nitrogen and oxygen atoms in total. The first-order chi connectivity index (χ1) is 12.9. The molecule has 0 aliphatic rings. The normalized spacial score (nSPS) is 12.0. The van der Waals surface area contributed by atoms with E-state index in [-0.39, 0.29) is 11.5 Å². The first kappa shape index (κ1) is 20.4. The number of esters is 1. The van der Waals surface area contributed by atoms with Crippen LogP contribution in [0.5, 0.6) is 0 Å². The number of nitrogens with one attached hydrogen (secondary N) is 1. The Morgan fingerprint density at radius 2 is 1.59 bits per heavy atom. The smallest absolute Gasteiger partial charge is 0.408 e. The van der Waals surface area contributed by atoms with Gasteiger partial charge in [0.15, 0.2) is 6.04 Å². The fourth-order valence-electron chi connectivity index (χ4n) is 2.03. The van der Waals surface area contributed by atoms with Gasteiger partial charge in [0.25, 0.3) is 10.1 Å². The molecule has 0 heterocycles. The van der Waals surface area contributed by atoms with Crippen molar-refractivity contribution < 1.29 is 31.7 Å². The molecule has 0 bridgehead atoms. The van der Waals surface area contributed by atoms with Crippen LogP contribution in [0.4, 0.5) is 4.79 Å². The van der Waals surface area contributed by atoms with Gasteiger partial charge in [0.05, 0.1) is 18.6 Å². The summed E-state index contributed by atoms with van der Waals surface area (Å²) in [4.78, 5) is 23.6. The summed E-state index contributed by atoms with van der Waals surface area (Å²) in [6.07, 6.45) is -0.907. The minimum absolute atomic E-state index is 0.0102. The van der Waals surface area contributed by atoms with Crippen molar-refractivity contribution in [3.8, 4) is 0 Å². The van der Waals surface area contributed by atoms with Gasteiger partial charge in [0, 0.05) is 0 Å². The van der Waals surface area contributed by atoms with Gasteiger partial charge in [-0.15, -0.1) is 0 Å². The Labute approximate surface area is 157 Å². The molecule has 2 aromatic rings. The standard InChI is InChI=1S/C18H19NO7S/c1-24-17(20)16(13-26-27(22,23)15-10-6-3-7-11-15)19-18(21)25-12-14-8-4-2-5-9-14/h2-11,16H,12-13H2,1H3,(H,19,21)/t16-/m0/s1. The van der Waals surface area contributed by atoms with Gasteiger partial charge in [0.1, 0.15) is 6.61 Å². The van der Waals surface area contributed by atoms with Gasteiger partial charge in [0.2, 0.25) is 0 Å². The average Bonchev–Trinajstić information content (AvgIpc) is 2.70. The van der Waals surface area contributed by atoms with Crippen LogP contribution in [0.2, 0.25) is 0 Å². The number of alkyl carbamates (subject to hydrolysis) is 1. The van der Waals surface area contributed by atoms with Crippen molar-refractivity contribution >= 4 is 22.2 Å². The van der Waals surface area contributed by atoms with Crippen molar-refractivity contribution in [2.45, 2.75) is 17.5 Å². The quantitative estimate of drug-likeness (QED) is 0.539. The Hall–Kier alpha value is -2.91. The molecule has 0 saturated carbocycles. The monoisotopic (exact) mass is 393 g/mol. The first-order valence-electron chi connectivity index (χ1n) is 7.92. The molecule has 1 N–H and O–H groups in total. The van der Waals surface area contributed by atoms with Crippen LogP contribution >= 0.6 is 0 Å². The van der Waals surface area contributed by atoms with Crippen molar-refractivity contribution in [1.29, 1.82) is 0 Å². The number of amides is 1. The van der Waals surface area contributed by atoms with Crippen LogP contribution in [0.1, 0.15) is 5.56 Å². The van der Waals surface area contributed by atoms with E-state index in [1.807, 2.05) is 6.07 Å². The lowest BCUT2D eigenvalue weighted by Gasteiger charge is -2.16. The van der Waals surface area contributed by atoms with E-state index < -0.39 is 34.8 Å². The van der Waals surface area contributed by atoms with Crippen molar-refractivity contribution in [3.63, 3.8) is 0 Å². The summed E-state index contributed by atoms with van der Waals surface area (Å²) < 4.78 is 38.7.